The highest BCUT2D eigenvalue weighted by molar-refractivity contribution is 5.83. The van der Waals surface area contributed by atoms with Gasteiger partial charge >= 0.3 is 0 Å². The second-order valence-electron chi connectivity index (χ2n) is 7.52. The van der Waals surface area contributed by atoms with Crippen molar-refractivity contribution in [3.8, 4) is 0 Å². The van der Waals surface area contributed by atoms with Gasteiger partial charge in [-0.05, 0) is 58.1 Å². The van der Waals surface area contributed by atoms with Gasteiger partial charge in [-0.25, -0.2) is 0 Å². The normalized spacial score (nSPS) is 25.1. The van der Waals surface area contributed by atoms with Gasteiger partial charge in [-0.1, -0.05) is 12.1 Å². The van der Waals surface area contributed by atoms with Crippen molar-refractivity contribution >= 4 is 17.3 Å². The van der Waals surface area contributed by atoms with E-state index in [9.17, 15) is 9.90 Å². The number of aliphatic hydroxyl groups excluding tert-OH is 1. The van der Waals surface area contributed by atoms with Crippen molar-refractivity contribution in [1.29, 1.82) is 0 Å². The molecule has 2 aliphatic heterocycles. The lowest BCUT2D eigenvalue weighted by Gasteiger charge is -2.39. The summed E-state index contributed by atoms with van der Waals surface area (Å²) in [5.41, 5.74) is 2.13. The third-order valence-corrected chi connectivity index (χ3v) is 5.62. The van der Waals surface area contributed by atoms with Crippen molar-refractivity contribution in [2.24, 2.45) is 0 Å². The Balaban J connectivity index is 1.64. The van der Waals surface area contributed by atoms with Crippen molar-refractivity contribution in [2.45, 2.75) is 64.1 Å². The van der Waals surface area contributed by atoms with E-state index in [2.05, 4.69) is 35.0 Å². The molecule has 2 N–H and O–H groups in total. The number of anilines is 2. The van der Waals surface area contributed by atoms with Gasteiger partial charge in [-0.2, -0.15) is 0 Å². The molecule has 0 aromatic heterocycles. The van der Waals surface area contributed by atoms with Gasteiger partial charge in [0.2, 0.25) is 5.91 Å². The molecule has 2 atom stereocenters. The number of nitrogens with zero attached hydrogens (tertiary/aromatic N) is 2. The molecule has 3 rings (SSSR count). The summed E-state index contributed by atoms with van der Waals surface area (Å²) in [7, 11) is 0. The molecular weight excluding hydrogens is 314 g/mol. The fraction of sp³-hybridized carbons (Fsp3) is 0.650. The number of benzene rings is 1. The number of likely N-dealkylation sites (tertiary alicyclic amines) is 1. The summed E-state index contributed by atoms with van der Waals surface area (Å²) in [5, 5.41) is 13.1. The van der Waals surface area contributed by atoms with E-state index < -0.39 is 0 Å². The van der Waals surface area contributed by atoms with Crippen molar-refractivity contribution in [1.82, 2.24) is 4.90 Å². The summed E-state index contributed by atoms with van der Waals surface area (Å²) in [4.78, 5) is 17.1. The quantitative estimate of drug-likeness (QED) is 0.881. The zero-order valence-electron chi connectivity index (χ0n) is 15.4. The van der Waals surface area contributed by atoms with Crippen molar-refractivity contribution in [3.63, 3.8) is 0 Å². The van der Waals surface area contributed by atoms with Crippen LogP contribution in [-0.4, -0.2) is 53.7 Å². The molecule has 5 heteroatoms. The summed E-state index contributed by atoms with van der Waals surface area (Å²) in [5.74, 6) is 0.184. The summed E-state index contributed by atoms with van der Waals surface area (Å²) >= 11 is 0. The molecule has 0 spiro atoms. The van der Waals surface area contributed by atoms with E-state index in [0.717, 1.165) is 50.1 Å². The van der Waals surface area contributed by atoms with E-state index >= 15 is 0 Å². The highest BCUT2D eigenvalue weighted by Gasteiger charge is 2.28. The Morgan fingerprint density at radius 2 is 1.76 bits per heavy atom. The van der Waals surface area contributed by atoms with Crippen LogP contribution in [0.4, 0.5) is 11.4 Å². The third-order valence-electron chi connectivity index (χ3n) is 5.62. The summed E-state index contributed by atoms with van der Waals surface area (Å²) in [6, 6.07) is 8.82. The van der Waals surface area contributed by atoms with Crippen LogP contribution in [0.2, 0.25) is 0 Å². The lowest BCUT2D eigenvalue weighted by atomic mass is 9.97. The molecule has 138 valence electrons. The van der Waals surface area contributed by atoms with Gasteiger partial charge in [0.25, 0.3) is 0 Å². The second kappa shape index (κ2) is 8.09. The minimum absolute atomic E-state index is 0.181. The van der Waals surface area contributed by atoms with Crippen LogP contribution in [-0.2, 0) is 4.79 Å². The zero-order chi connectivity index (χ0) is 17.8. The van der Waals surface area contributed by atoms with Crippen LogP contribution in [0.5, 0.6) is 0 Å². The maximum atomic E-state index is 12.7. The molecule has 0 bridgehead atoms. The fourth-order valence-corrected chi connectivity index (χ4v) is 4.18. The topological polar surface area (TPSA) is 55.8 Å². The Morgan fingerprint density at radius 3 is 2.44 bits per heavy atom. The van der Waals surface area contributed by atoms with E-state index in [1.165, 1.54) is 6.42 Å². The van der Waals surface area contributed by atoms with Gasteiger partial charge in [0.05, 0.1) is 24.0 Å². The first kappa shape index (κ1) is 18.1. The highest BCUT2D eigenvalue weighted by atomic mass is 16.3. The van der Waals surface area contributed by atoms with E-state index in [1.54, 1.807) is 0 Å². The van der Waals surface area contributed by atoms with Gasteiger partial charge in [0, 0.05) is 25.2 Å². The molecule has 2 saturated heterocycles. The van der Waals surface area contributed by atoms with Crippen LogP contribution in [0.25, 0.3) is 0 Å². The van der Waals surface area contributed by atoms with Crippen molar-refractivity contribution < 1.29 is 9.90 Å². The van der Waals surface area contributed by atoms with Crippen LogP contribution in [0.3, 0.4) is 0 Å². The van der Waals surface area contributed by atoms with E-state index in [0.29, 0.717) is 18.6 Å². The number of rotatable bonds is 4. The Hall–Kier alpha value is -1.75. The minimum Gasteiger partial charge on any atom is -0.393 e. The Kier molecular flexibility index (Phi) is 5.84. The van der Waals surface area contributed by atoms with E-state index in [-0.39, 0.29) is 12.0 Å². The first-order valence-corrected chi connectivity index (χ1v) is 9.63. The van der Waals surface area contributed by atoms with Crippen LogP contribution in [0.15, 0.2) is 24.3 Å². The maximum absolute atomic E-state index is 12.7. The molecule has 1 amide bonds. The molecule has 0 saturated carbocycles. The third kappa shape index (κ3) is 4.27. The highest BCUT2D eigenvalue weighted by Crippen LogP contribution is 2.29. The average Bonchev–Trinajstić information content (AvgIpc) is 2.61. The number of hydrogen-bond donors (Lipinski definition) is 2. The standard InChI is InChI=1S/C20H31N3O2/c1-15-6-5-7-16(2)23(15)20(25)14-21-18-8-3-4-9-19(18)22-12-10-17(24)11-13-22/h3-4,8-9,15-17,21,24H,5-7,10-14H2,1-2H3. The smallest absolute Gasteiger partial charge is 0.242 e. The first-order chi connectivity index (χ1) is 12.1. The van der Waals surface area contributed by atoms with Crippen LogP contribution < -0.4 is 10.2 Å². The molecule has 25 heavy (non-hydrogen) atoms. The monoisotopic (exact) mass is 345 g/mol. The molecule has 0 aliphatic carbocycles. The molecule has 2 unspecified atom stereocenters. The van der Waals surface area contributed by atoms with Gasteiger partial charge in [0.1, 0.15) is 0 Å². The van der Waals surface area contributed by atoms with Gasteiger partial charge in [-0.3, -0.25) is 4.79 Å². The van der Waals surface area contributed by atoms with Gasteiger partial charge in [-0.15, -0.1) is 0 Å². The zero-order valence-corrected chi connectivity index (χ0v) is 15.4. The van der Waals surface area contributed by atoms with E-state index in [4.69, 9.17) is 0 Å². The van der Waals surface area contributed by atoms with Crippen LogP contribution >= 0.6 is 0 Å². The number of piperidine rings is 2. The molecular formula is C20H31N3O2. The minimum atomic E-state index is -0.181. The molecule has 1 aromatic rings. The van der Waals surface area contributed by atoms with Crippen LogP contribution in [0.1, 0.15) is 46.0 Å². The Bertz CT molecular complexity index is 574. The number of carbonyl (C=O) groups is 1. The molecule has 2 fully saturated rings. The number of aliphatic hydroxyl groups is 1. The molecule has 1 aromatic carbocycles. The Labute approximate surface area is 151 Å². The molecule has 5 nitrogen and oxygen atoms in total. The predicted molar refractivity (Wildman–Crippen MR) is 102 cm³/mol. The number of amides is 1. The van der Waals surface area contributed by atoms with Gasteiger partial charge in [0.15, 0.2) is 0 Å². The second-order valence-corrected chi connectivity index (χ2v) is 7.52. The maximum Gasteiger partial charge on any atom is 0.242 e. The number of para-hydroxylation sites is 2. The lowest BCUT2D eigenvalue weighted by molar-refractivity contribution is -0.135. The van der Waals surface area contributed by atoms with Gasteiger partial charge < -0.3 is 20.2 Å². The number of hydrogen-bond acceptors (Lipinski definition) is 4. The molecule has 2 aliphatic rings. The predicted octanol–water partition coefficient (Wildman–Crippen LogP) is 2.85. The average molecular weight is 345 g/mol. The summed E-state index contributed by atoms with van der Waals surface area (Å²) < 4.78 is 0. The molecule has 2 heterocycles. The SMILES string of the molecule is CC1CCCC(C)N1C(=O)CNc1ccccc1N1CCC(O)CC1. The first-order valence-electron chi connectivity index (χ1n) is 9.63. The largest absolute Gasteiger partial charge is 0.393 e. The fourth-order valence-electron chi connectivity index (χ4n) is 4.18. The van der Waals surface area contributed by atoms with E-state index in [1.807, 2.05) is 18.2 Å². The van der Waals surface area contributed by atoms with Crippen molar-refractivity contribution in [3.05, 3.63) is 24.3 Å². The summed E-state index contributed by atoms with van der Waals surface area (Å²) in [6.45, 7) is 6.35. The molecule has 0 radical (unpaired) electrons. The number of carbonyl (C=O) groups excluding carboxylic acids is 1. The summed E-state index contributed by atoms with van der Waals surface area (Å²) in [6.07, 6.45) is 4.83. The lowest BCUT2D eigenvalue weighted by Crippen LogP contribution is -2.49. The van der Waals surface area contributed by atoms with Crippen molar-refractivity contribution in [2.75, 3.05) is 29.9 Å². The van der Waals surface area contributed by atoms with Crippen LogP contribution in [0, 0.1) is 0 Å². The number of nitrogens with one attached hydrogen (secondary N) is 1. The Morgan fingerprint density at radius 1 is 1.12 bits per heavy atom.